The van der Waals surface area contributed by atoms with Crippen LogP contribution in [0.1, 0.15) is 42.5 Å². The number of aryl methyl sites for hydroxylation is 3. The van der Waals surface area contributed by atoms with Crippen LogP contribution in [-0.4, -0.2) is 22.5 Å². The number of amides is 1. The zero-order valence-electron chi connectivity index (χ0n) is 12.8. The number of carbonyl (C=O) groups is 2. The van der Waals surface area contributed by atoms with Gasteiger partial charge in [-0.2, -0.15) is 0 Å². The van der Waals surface area contributed by atoms with E-state index in [0.717, 1.165) is 6.42 Å². The van der Waals surface area contributed by atoms with Gasteiger partial charge in [-0.15, -0.1) is 0 Å². The minimum Gasteiger partial charge on any atom is -0.474 e. The molecule has 0 aliphatic heterocycles. The second kappa shape index (κ2) is 6.07. The molecule has 1 aromatic rings. The number of carboxylic acid groups (broad SMARTS) is 1. The first-order valence-corrected chi connectivity index (χ1v) is 6.74. The third-order valence-corrected chi connectivity index (χ3v) is 3.49. The number of benzene rings is 1. The lowest BCUT2D eigenvalue weighted by Gasteiger charge is -2.26. The maximum absolute atomic E-state index is 11.2. The maximum Gasteiger partial charge on any atom is 0.394 e. The van der Waals surface area contributed by atoms with Crippen LogP contribution in [0.5, 0.6) is 0 Å². The predicted octanol–water partition coefficient (Wildman–Crippen LogP) is 2.52. The molecule has 0 saturated carbocycles. The van der Waals surface area contributed by atoms with E-state index >= 15 is 0 Å². The zero-order valence-corrected chi connectivity index (χ0v) is 12.8. The molecule has 0 aliphatic rings. The quantitative estimate of drug-likeness (QED) is 0.831. The van der Waals surface area contributed by atoms with E-state index in [9.17, 15) is 9.59 Å². The Morgan fingerprint density at radius 3 is 2.10 bits per heavy atom. The van der Waals surface area contributed by atoms with Crippen molar-refractivity contribution in [3.63, 3.8) is 0 Å². The molecule has 0 radical (unpaired) electrons. The van der Waals surface area contributed by atoms with Crippen LogP contribution in [-0.2, 0) is 16.0 Å². The number of rotatable bonds is 4. The lowest BCUT2D eigenvalue weighted by Crippen LogP contribution is -2.46. The fraction of sp³-hybridized carbons (Fsp3) is 0.500. The van der Waals surface area contributed by atoms with Crippen LogP contribution in [0.4, 0.5) is 0 Å². The molecule has 110 valence electrons. The van der Waals surface area contributed by atoms with E-state index in [1.54, 1.807) is 0 Å². The van der Waals surface area contributed by atoms with Gasteiger partial charge in [0.05, 0.1) is 0 Å². The molecule has 2 N–H and O–H groups in total. The first kappa shape index (κ1) is 16.2. The van der Waals surface area contributed by atoms with Crippen molar-refractivity contribution in [3.8, 4) is 0 Å². The van der Waals surface area contributed by atoms with Crippen LogP contribution < -0.4 is 5.32 Å². The van der Waals surface area contributed by atoms with Gasteiger partial charge in [0, 0.05) is 5.54 Å². The average Bonchev–Trinajstić information content (AvgIpc) is 2.26. The smallest absolute Gasteiger partial charge is 0.394 e. The van der Waals surface area contributed by atoms with Gasteiger partial charge in [-0.3, -0.25) is 4.79 Å². The van der Waals surface area contributed by atoms with Crippen LogP contribution in [0.15, 0.2) is 12.1 Å². The normalized spacial score (nSPS) is 11.2. The number of hydrogen-bond acceptors (Lipinski definition) is 2. The van der Waals surface area contributed by atoms with E-state index in [4.69, 9.17) is 5.11 Å². The highest BCUT2D eigenvalue weighted by atomic mass is 16.4. The molecule has 4 nitrogen and oxygen atoms in total. The van der Waals surface area contributed by atoms with Gasteiger partial charge in [0.25, 0.3) is 0 Å². The third kappa shape index (κ3) is 4.37. The standard InChI is InChI=1S/C16H23NO3/c1-10-8-11(2)13(12(3)9-10)6-7-16(4,5)17-14(18)15(19)20/h8-9H,6-7H2,1-5H3,(H,17,18)(H,19,20). The SMILES string of the molecule is Cc1cc(C)c(CCC(C)(C)NC(=O)C(=O)O)c(C)c1. The molecule has 1 amide bonds. The van der Waals surface area contributed by atoms with Crippen molar-refractivity contribution in [2.75, 3.05) is 0 Å². The van der Waals surface area contributed by atoms with Crippen LogP contribution in [0.25, 0.3) is 0 Å². The van der Waals surface area contributed by atoms with Crippen molar-refractivity contribution < 1.29 is 14.7 Å². The summed E-state index contributed by atoms with van der Waals surface area (Å²) in [6.45, 7) is 9.91. The largest absolute Gasteiger partial charge is 0.474 e. The molecule has 0 heterocycles. The number of carboxylic acids is 1. The molecule has 0 atom stereocenters. The molecular weight excluding hydrogens is 254 g/mol. The minimum absolute atomic E-state index is 0.542. The Morgan fingerprint density at radius 2 is 1.65 bits per heavy atom. The van der Waals surface area contributed by atoms with Gasteiger partial charge in [-0.1, -0.05) is 17.7 Å². The predicted molar refractivity (Wildman–Crippen MR) is 78.8 cm³/mol. The van der Waals surface area contributed by atoms with Gasteiger partial charge in [-0.05, 0) is 64.2 Å². The number of carbonyl (C=O) groups excluding carboxylic acids is 1. The lowest BCUT2D eigenvalue weighted by atomic mass is 9.90. The van der Waals surface area contributed by atoms with Crippen molar-refractivity contribution in [2.24, 2.45) is 0 Å². The Bertz CT molecular complexity index is 510. The van der Waals surface area contributed by atoms with Gasteiger partial charge < -0.3 is 10.4 Å². The molecule has 20 heavy (non-hydrogen) atoms. The molecule has 1 aromatic carbocycles. The highest BCUT2D eigenvalue weighted by Crippen LogP contribution is 2.21. The lowest BCUT2D eigenvalue weighted by molar-refractivity contribution is -0.151. The summed E-state index contributed by atoms with van der Waals surface area (Å²) in [4.78, 5) is 21.8. The van der Waals surface area contributed by atoms with Crippen molar-refractivity contribution >= 4 is 11.9 Å². The van der Waals surface area contributed by atoms with Gasteiger partial charge in [0.1, 0.15) is 0 Å². The van der Waals surface area contributed by atoms with Gasteiger partial charge >= 0.3 is 11.9 Å². The second-order valence-corrected chi connectivity index (χ2v) is 6.02. The van der Waals surface area contributed by atoms with E-state index in [0.29, 0.717) is 6.42 Å². The van der Waals surface area contributed by atoms with Gasteiger partial charge in [0.15, 0.2) is 0 Å². The number of hydrogen-bond donors (Lipinski definition) is 2. The van der Waals surface area contributed by atoms with Crippen molar-refractivity contribution in [1.29, 1.82) is 0 Å². The summed E-state index contributed by atoms with van der Waals surface area (Å²) in [5.41, 5.74) is 4.44. The topological polar surface area (TPSA) is 66.4 Å². The van der Waals surface area contributed by atoms with Crippen molar-refractivity contribution in [2.45, 2.75) is 53.0 Å². The molecule has 0 unspecified atom stereocenters. The van der Waals surface area contributed by atoms with Crippen LogP contribution >= 0.6 is 0 Å². The summed E-state index contributed by atoms with van der Waals surface area (Å²) >= 11 is 0. The fourth-order valence-corrected chi connectivity index (χ4v) is 2.47. The van der Waals surface area contributed by atoms with E-state index in [1.807, 2.05) is 13.8 Å². The summed E-state index contributed by atoms with van der Waals surface area (Å²) in [5.74, 6) is -2.40. The number of nitrogens with one attached hydrogen (secondary N) is 1. The Balaban J connectivity index is 2.76. The highest BCUT2D eigenvalue weighted by molar-refractivity contribution is 6.31. The van der Waals surface area contributed by atoms with E-state index in [2.05, 4.69) is 38.2 Å². The number of aliphatic carboxylic acids is 1. The summed E-state index contributed by atoms with van der Waals surface area (Å²) in [6, 6.07) is 4.29. The summed E-state index contributed by atoms with van der Waals surface area (Å²) in [6.07, 6.45) is 1.50. The molecule has 0 saturated heterocycles. The summed E-state index contributed by atoms with van der Waals surface area (Å²) < 4.78 is 0. The van der Waals surface area contributed by atoms with E-state index in [-0.39, 0.29) is 0 Å². The molecule has 0 spiro atoms. The zero-order chi connectivity index (χ0) is 15.5. The highest BCUT2D eigenvalue weighted by Gasteiger charge is 2.24. The second-order valence-electron chi connectivity index (χ2n) is 6.02. The fourth-order valence-electron chi connectivity index (χ4n) is 2.47. The Labute approximate surface area is 120 Å². The first-order chi connectivity index (χ1) is 9.12. The summed E-state index contributed by atoms with van der Waals surface area (Å²) in [5, 5.41) is 11.2. The van der Waals surface area contributed by atoms with Gasteiger partial charge in [-0.25, -0.2) is 4.79 Å². The molecule has 0 aliphatic carbocycles. The Hall–Kier alpha value is -1.84. The molecule has 0 bridgehead atoms. The maximum atomic E-state index is 11.2. The summed E-state index contributed by atoms with van der Waals surface area (Å²) in [7, 11) is 0. The molecule has 0 aromatic heterocycles. The Morgan fingerprint density at radius 1 is 1.15 bits per heavy atom. The molecule has 1 rings (SSSR count). The van der Waals surface area contributed by atoms with Crippen LogP contribution in [0, 0.1) is 20.8 Å². The molecule has 0 fully saturated rings. The van der Waals surface area contributed by atoms with Crippen molar-refractivity contribution in [1.82, 2.24) is 5.32 Å². The van der Waals surface area contributed by atoms with E-state index < -0.39 is 17.4 Å². The third-order valence-electron chi connectivity index (χ3n) is 3.49. The van der Waals surface area contributed by atoms with Crippen LogP contribution in [0.3, 0.4) is 0 Å². The first-order valence-electron chi connectivity index (χ1n) is 6.74. The molecule has 4 heteroatoms. The van der Waals surface area contributed by atoms with Crippen LogP contribution in [0.2, 0.25) is 0 Å². The van der Waals surface area contributed by atoms with Gasteiger partial charge in [0.2, 0.25) is 0 Å². The molecular formula is C16H23NO3. The monoisotopic (exact) mass is 277 g/mol. The average molecular weight is 277 g/mol. The van der Waals surface area contributed by atoms with Crippen molar-refractivity contribution in [3.05, 3.63) is 34.4 Å². The Kier molecular flexibility index (Phi) is 4.93. The van der Waals surface area contributed by atoms with E-state index in [1.165, 1.54) is 22.3 Å². The minimum atomic E-state index is -1.44.